The van der Waals surface area contributed by atoms with Crippen LogP contribution >= 0.6 is 15.9 Å². The van der Waals surface area contributed by atoms with Crippen molar-refractivity contribution in [1.29, 1.82) is 0 Å². The summed E-state index contributed by atoms with van der Waals surface area (Å²) in [5.74, 6) is -1.24. The molecule has 96 valence electrons. The summed E-state index contributed by atoms with van der Waals surface area (Å²) in [6, 6.07) is 6.22. The summed E-state index contributed by atoms with van der Waals surface area (Å²) in [7, 11) is 0. The van der Waals surface area contributed by atoms with Crippen molar-refractivity contribution in [3.8, 4) is 0 Å². The van der Waals surface area contributed by atoms with Crippen LogP contribution < -0.4 is 5.32 Å². The van der Waals surface area contributed by atoms with E-state index in [1.807, 2.05) is 6.07 Å². The fraction of sp³-hybridized carbons (Fsp3) is 0.333. The standard InChI is InChI=1S/C12H13BrN2O3/c13-9-4-2-1-3-8(9)11(16)15-6-5-14-7-10(15)12(17)18/h1-4,10,14H,5-7H2,(H,17,18). The second kappa shape index (κ2) is 5.49. The smallest absolute Gasteiger partial charge is 0.327 e. The van der Waals surface area contributed by atoms with Crippen molar-refractivity contribution in [3.63, 3.8) is 0 Å². The second-order valence-corrected chi connectivity index (χ2v) is 4.89. The molecule has 0 radical (unpaired) electrons. The zero-order chi connectivity index (χ0) is 13.1. The molecule has 0 spiro atoms. The highest BCUT2D eigenvalue weighted by atomic mass is 79.9. The number of piperazine rings is 1. The number of amides is 1. The summed E-state index contributed by atoms with van der Waals surface area (Å²) >= 11 is 3.31. The van der Waals surface area contributed by atoms with Gasteiger partial charge in [0.2, 0.25) is 0 Å². The van der Waals surface area contributed by atoms with Gasteiger partial charge in [-0.3, -0.25) is 4.79 Å². The molecule has 1 amide bonds. The van der Waals surface area contributed by atoms with Crippen molar-refractivity contribution >= 4 is 27.8 Å². The van der Waals surface area contributed by atoms with Crippen LogP contribution in [0.3, 0.4) is 0 Å². The molecule has 1 aliphatic rings. The third-order valence-electron chi connectivity index (χ3n) is 2.89. The first-order valence-corrected chi connectivity index (χ1v) is 6.39. The minimum Gasteiger partial charge on any atom is -0.480 e. The predicted molar refractivity (Wildman–Crippen MR) is 69.5 cm³/mol. The number of halogens is 1. The highest BCUT2D eigenvalue weighted by molar-refractivity contribution is 9.10. The van der Waals surface area contributed by atoms with Crippen LogP contribution in [0.4, 0.5) is 0 Å². The highest BCUT2D eigenvalue weighted by Gasteiger charge is 2.32. The Balaban J connectivity index is 2.27. The van der Waals surface area contributed by atoms with Gasteiger partial charge in [0.25, 0.3) is 5.91 Å². The minimum atomic E-state index is -0.984. The normalized spacial score (nSPS) is 19.6. The number of rotatable bonds is 2. The first kappa shape index (κ1) is 13.0. The van der Waals surface area contributed by atoms with Gasteiger partial charge in [0.1, 0.15) is 6.04 Å². The van der Waals surface area contributed by atoms with Crippen molar-refractivity contribution in [1.82, 2.24) is 10.2 Å². The lowest BCUT2D eigenvalue weighted by atomic mass is 10.1. The van der Waals surface area contributed by atoms with Crippen LogP contribution in [0, 0.1) is 0 Å². The molecule has 0 saturated carbocycles. The monoisotopic (exact) mass is 312 g/mol. The van der Waals surface area contributed by atoms with E-state index in [2.05, 4.69) is 21.2 Å². The minimum absolute atomic E-state index is 0.253. The van der Waals surface area contributed by atoms with Crippen molar-refractivity contribution in [2.75, 3.05) is 19.6 Å². The fourth-order valence-electron chi connectivity index (χ4n) is 1.96. The molecule has 0 aliphatic carbocycles. The zero-order valence-electron chi connectivity index (χ0n) is 9.60. The molecular formula is C12H13BrN2O3. The van der Waals surface area contributed by atoms with Crippen molar-refractivity contribution < 1.29 is 14.7 Å². The average Bonchev–Trinajstić information content (AvgIpc) is 2.38. The van der Waals surface area contributed by atoms with Gasteiger partial charge in [-0.25, -0.2) is 4.79 Å². The molecule has 1 aliphatic heterocycles. The number of nitrogens with zero attached hydrogens (tertiary/aromatic N) is 1. The van der Waals surface area contributed by atoms with E-state index in [0.29, 0.717) is 23.1 Å². The van der Waals surface area contributed by atoms with Crippen LogP contribution in [-0.4, -0.2) is 47.6 Å². The summed E-state index contributed by atoms with van der Waals surface area (Å²) in [5.41, 5.74) is 0.491. The number of carbonyl (C=O) groups excluding carboxylic acids is 1. The van der Waals surface area contributed by atoms with E-state index in [9.17, 15) is 9.59 Å². The summed E-state index contributed by atoms with van der Waals surface area (Å²) in [5, 5.41) is 12.1. The van der Waals surface area contributed by atoms with E-state index in [1.165, 1.54) is 4.90 Å². The van der Waals surface area contributed by atoms with Gasteiger partial charge in [-0.05, 0) is 28.1 Å². The SMILES string of the molecule is O=C(O)C1CNCCN1C(=O)c1ccccc1Br. The number of hydrogen-bond acceptors (Lipinski definition) is 3. The largest absolute Gasteiger partial charge is 0.480 e. The number of carboxylic acids is 1. The Labute approximate surface area is 113 Å². The molecule has 18 heavy (non-hydrogen) atoms. The molecule has 1 unspecified atom stereocenters. The molecule has 1 fully saturated rings. The third kappa shape index (κ3) is 2.54. The Morgan fingerprint density at radius 1 is 1.39 bits per heavy atom. The Morgan fingerprint density at radius 2 is 2.11 bits per heavy atom. The van der Waals surface area contributed by atoms with E-state index < -0.39 is 12.0 Å². The summed E-state index contributed by atoms with van der Waals surface area (Å²) in [4.78, 5) is 24.9. The van der Waals surface area contributed by atoms with E-state index in [4.69, 9.17) is 5.11 Å². The molecule has 1 atom stereocenters. The molecule has 2 N–H and O–H groups in total. The molecule has 0 bridgehead atoms. The lowest BCUT2D eigenvalue weighted by molar-refractivity contribution is -0.142. The molecular weight excluding hydrogens is 300 g/mol. The number of hydrogen-bond donors (Lipinski definition) is 2. The van der Waals surface area contributed by atoms with Crippen LogP contribution in [0.5, 0.6) is 0 Å². The molecule has 6 heteroatoms. The van der Waals surface area contributed by atoms with Crippen LogP contribution in [0.2, 0.25) is 0 Å². The Hall–Kier alpha value is -1.40. The summed E-state index contributed by atoms with van der Waals surface area (Å²) < 4.78 is 0.678. The number of aliphatic carboxylic acids is 1. The van der Waals surface area contributed by atoms with E-state index in [0.717, 1.165) is 0 Å². The van der Waals surface area contributed by atoms with Crippen LogP contribution in [-0.2, 0) is 4.79 Å². The van der Waals surface area contributed by atoms with Crippen molar-refractivity contribution in [2.45, 2.75) is 6.04 Å². The molecule has 1 aromatic rings. The Bertz CT molecular complexity index is 478. The lowest BCUT2D eigenvalue weighted by Gasteiger charge is -2.33. The van der Waals surface area contributed by atoms with Gasteiger partial charge in [-0.15, -0.1) is 0 Å². The highest BCUT2D eigenvalue weighted by Crippen LogP contribution is 2.19. The quantitative estimate of drug-likeness (QED) is 0.853. The van der Waals surface area contributed by atoms with E-state index in [-0.39, 0.29) is 12.5 Å². The first-order chi connectivity index (χ1) is 8.61. The van der Waals surface area contributed by atoms with Gasteiger partial charge in [0.05, 0.1) is 5.56 Å². The molecule has 2 rings (SSSR count). The maximum absolute atomic E-state index is 12.3. The maximum atomic E-state index is 12.3. The molecule has 0 aromatic heterocycles. The van der Waals surface area contributed by atoms with Gasteiger partial charge in [0.15, 0.2) is 0 Å². The topological polar surface area (TPSA) is 69.6 Å². The Morgan fingerprint density at radius 3 is 2.78 bits per heavy atom. The second-order valence-electron chi connectivity index (χ2n) is 4.04. The van der Waals surface area contributed by atoms with E-state index in [1.54, 1.807) is 18.2 Å². The van der Waals surface area contributed by atoms with Gasteiger partial charge < -0.3 is 15.3 Å². The van der Waals surface area contributed by atoms with Gasteiger partial charge in [-0.1, -0.05) is 12.1 Å². The first-order valence-electron chi connectivity index (χ1n) is 5.60. The third-order valence-corrected chi connectivity index (χ3v) is 3.59. The van der Waals surface area contributed by atoms with Gasteiger partial charge >= 0.3 is 5.97 Å². The maximum Gasteiger partial charge on any atom is 0.327 e. The van der Waals surface area contributed by atoms with Crippen LogP contribution in [0.15, 0.2) is 28.7 Å². The molecule has 1 saturated heterocycles. The van der Waals surface area contributed by atoms with Crippen molar-refractivity contribution in [3.05, 3.63) is 34.3 Å². The van der Waals surface area contributed by atoms with Crippen LogP contribution in [0.25, 0.3) is 0 Å². The van der Waals surface area contributed by atoms with Crippen LogP contribution in [0.1, 0.15) is 10.4 Å². The lowest BCUT2D eigenvalue weighted by Crippen LogP contribution is -2.57. The number of benzene rings is 1. The van der Waals surface area contributed by atoms with E-state index >= 15 is 0 Å². The average molecular weight is 313 g/mol. The zero-order valence-corrected chi connectivity index (χ0v) is 11.2. The number of nitrogens with one attached hydrogen (secondary N) is 1. The molecule has 1 heterocycles. The predicted octanol–water partition coefficient (Wildman–Crippen LogP) is 0.948. The van der Waals surface area contributed by atoms with Crippen molar-refractivity contribution in [2.24, 2.45) is 0 Å². The Kier molecular flexibility index (Phi) is 3.98. The number of carboxylic acid groups (broad SMARTS) is 1. The fourth-order valence-corrected chi connectivity index (χ4v) is 2.41. The molecule has 1 aromatic carbocycles. The van der Waals surface area contributed by atoms with Gasteiger partial charge in [0, 0.05) is 24.1 Å². The molecule has 5 nitrogen and oxygen atoms in total. The summed E-state index contributed by atoms with van der Waals surface area (Å²) in [6.45, 7) is 1.29. The van der Waals surface area contributed by atoms with Gasteiger partial charge in [-0.2, -0.15) is 0 Å². The summed E-state index contributed by atoms with van der Waals surface area (Å²) in [6.07, 6.45) is 0. The number of carbonyl (C=O) groups is 2.